The van der Waals surface area contributed by atoms with Crippen LogP contribution >= 0.6 is 0 Å². The molecule has 0 radical (unpaired) electrons. The predicted octanol–water partition coefficient (Wildman–Crippen LogP) is 3.65. The Morgan fingerprint density at radius 3 is 2.47 bits per heavy atom. The maximum Gasteiger partial charge on any atom is 0.290 e. The van der Waals surface area contributed by atoms with Gasteiger partial charge in [-0.05, 0) is 41.0 Å². The van der Waals surface area contributed by atoms with E-state index >= 15 is 0 Å². The molecule has 1 amide bonds. The van der Waals surface area contributed by atoms with E-state index in [4.69, 9.17) is 0 Å². The number of aliphatic hydroxyl groups excluding tert-OH is 1. The van der Waals surface area contributed by atoms with Gasteiger partial charge in [0.15, 0.2) is 11.5 Å². The lowest BCUT2D eigenvalue weighted by atomic mass is 9.96. The van der Waals surface area contributed by atoms with E-state index in [2.05, 4.69) is 9.97 Å². The van der Waals surface area contributed by atoms with E-state index in [1.165, 1.54) is 11.0 Å². The number of ketones is 1. The molecule has 1 unspecified atom stereocenters. The first-order valence-corrected chi connectivity index (χ1v) is 9.45. The largest absolute Gasteiger partial charge is 0.503 e. The van der Waals surface area contributed by atoms with Gasteiger partial charge < -0.3 is 10.0 Å². The molecular formula is C24H19N3O3. The highest BCUT2D eigenvalue weighted by Gasteiger charge is 2.42. The molecule has 1 aromatic carbocycles. The Kier molecular flexibility index (Phi) is 5.48. The van der Waals surface area contributed by atoms with Crippen molar-refractivity contribution in [3.05, 3.63) is 113 Å². The van der Waals surface area contributed by atoms with Gasteiger partial charge in [-0.15, -0.1) is 0 Å². The van der Waals surface area contributed by atoms with Gasteiger partial charge in [-0.2, -0.15) is 0 Å². The van der Waals surface area contributed by atoms with Gasteiger partial charge >= 0.3 is 0 Å². The molecule has 0 saturated carbocycles. The molecule has 148 valence electrons. The van der Waals surface area contributed by atoms with E-state index in [9.17, 15) is 14.7 Å². The van der Waals surface area contributed by atoms with Gasteiger partial charge in [0.25, 0.3) is 5.91 Å². The summed E-state index contributed by atoms with van der Waals surface area (Å²) < 4.78 is 0. The molecular weight excluding hydrogens is 378 g/mol. The highest BCUT2D eigenvalue weighted by molar-refractivity contribution is 6.14. The molecule has 1 atom stereocenters. The monoisotopic (exact) mass is 397 g/mol. The highest BCUT2D eigenvalue weighted by atomic mass is 16.3. The van der Waals surface area contributed by atoms with Crippen LogP contribution < -0.4 is 0 Å². The molecule has 1 N–H and O–H groups in total. The molecule has 0 aliphatic carbocycles. The smallest absolute Gasteiger partial charge is 0.290 e. The number of carbonyl (C=O) groups is 2. The molecule has 0 fully saturated rings. The van der Waals surface area contributed by atoms with E-state index in [1.807, 2.05) is 36.4 Å². The Morgan fingerprint density at radius 2 is 1.77 bits per heavy atom. The van der Waals surface area contributed by atoms with E-state index in [1.54, 1.807) is 49.1 Å². The summed E-state index contributed by atoms with van der Waals surface area (Å²) in [6.45, 7) is 0.211. The summed E-state index contributed by atoms with van der Waals surface area (Å²) in [4.78, 5) is 35.5. The Bertz CT molecular complexity index is 1110. The van der Waals surface area contributed by atoms with Crippen LogP contribution in [0, 0.1) is 0 Å². The third-order valence-electron chi connectivity index (χ3n) is 4.89. The topological polar surface area (TPSA) is 83.4 Å². The zero-order valence-electron chi connectivity index (χ0n) is 16.1. The second-order valence-electron chi connectivity index (χ2n) is 6.85. The number of nitrogens with zero attached hydrogens (tertiary/aromatic N) is 3. The normalized spacial score (nSPS) is 16.5. The molecule has 1 aliphatic rings. The summed E-state index contributed by atoms with van der Waals surface area (Å²) in [7, 11) is 0. The van der Waals surface area contributed by atoms with Gasteiger partial charge in [-0.1, -0.05) is 42.5 Å². The van der Waals surface area contributed by atoms with Gasteiger partial charge in [0.05, 0.1) is 11.6 Å². The van der Waals surface area contributed by atoms with Crippen LogP contribution in [0.4, 0.5) is 0 Å². The summed E-state index contributed by atoms with van der Waals surface area (Å²) in [5.74, 6) is -1.53. The van der Waals surface area contributed by atoms with Gasteiger partial charge in [-0.3, -0.25) is 19.6 Å². The number of carbonyl (C=O) groups excluding carboxylic acids is 2. The van der Waals surface area contributed by atoms with Gasteiger partial charge in [-0.25, -0.2) is 0 Å². The molecule has 3 heterocycles. The minimum absolute atomic E-state index is 0.0577. The van der Waals surface area contributed by atoms with Gasteiger partial charge in [0.2, 0.25) is 0 Å². The Hall–Kier alpha value is -4.06. The number of hydrogen-bond acceptors (Lipinski definition) is 5. The molecule has 0 bridgehead atoms. The fourth-order valence-corrected chi connectivity index (χ4v) is 3.47. The van der Waals surface area contributed by atoms with Crippen LogP contribution in [0.5, 0.6) is 0 Å². The van der Waals surface area contributed by atoms with E-state index in [0.29, 0.717) is 5.56 Å². The van der Waals surface area contributed by atoms with Crippen LogP contribution in [-0.2, 0) is 16.1 Å². The first kappa shape index (κ1) is 19.3. The average Bonchev–Trinajstić information content (AvgIpc) is 3.04. The lowest BCUT2D eigenvalue weighted by Gasteiger charge is -2.26. The third kappa shape index (κ3) is 3.89. The van der Waals surface area contributed by atoms with E-state index in [-0.39, 0.29) is 12.1 Å². The molecule has 2 aromatic heterocycles. The van der Waals surface area contributed by atoms with E-state index < -0.39 is 23.5 Å². The predicted molar refractivity (Wildman–Crippen MR) is 112 cm³/mol. The van der Waals surface area contributed by atoms with Crippen molar-refractivity contribution < 1.29 is 14.7 Å². The molecule has 6 nitrogen and oxygen atoms in total. The Morgan fingerprint density at radius 1 is 1.00 bits per heavy atom. The first-order chi connectivity index (χ1) is 14.6. The SMILES string of the molecule is O=C(/C=C/c1ccccc1)C1=C(O)C(=O)N(Cc2cccnc2)C1c1ccncc1. The van der Waals surface area contributed by atoms with Crippen molar-refractivity contribution in [3.8, 4) is 0 Å². The summed E-state index contributed by atoms with van der Waals surface area (Å²) in [5.41, 5.74) is 2.40. The van der Waals surface area contributed by atoms with Crippen LogP contribution in [-0.4, -0.2) is 31.7 Å². The Labute approximate surface area is 173 Å². The fourth-order valence-electron chi connectivity index (χ4n) is 3.47. The lowest BCUT2D eigenvalue weighted by Crippen LogP contribution is -2.30. The number of hydrogen-bond donors (Lipinski definition) is 1. The minimum Gasteiger partial charge on any atom is -0.503 e. The third-order valence-corrected chi connectivity index (χ3v) is 4.89. The molecule has 0 saturated heterocycles. The van der Waals surface area contributed by atoms with Crippen molar-refractivity contribution in [1.82, 2.24) is 14.9 Å². The first-order valence-electron chi connectivity index (χ1n) is 9.45. The minimum atomic E-state index is -0.714. The Balaban J connectivity index is 1.70. The van der Waals surface area contributed by atoms with Gasteiger partial charge in [0.1, 0.15) is 0 Å². The molecule has 3 aromatic rings. The number of rotatable bonds is 6. The van der Waals surface area contributed by atoms with Crippen LogP contribution in [0.1, 0.15) is 22.7 Å². The fraction of sp³-hybridized carbons (Fsp3) is 0.0833. The average molecular weight is 397 g/mol. The summed E-state index contributed by atoms with van der Waals surface area (Å²) in [6, 6.07) is 15.7. The summed E-state index contributed by atoms with van der Waals surface area (Å²) >= 11 is 0. The number of aromatic nitrogens is 2. The zero-order valence-corrected chi connectivity index (χ0v) is 16.1. The molecule has 30 heavy (non-hydrogen) atoms. The number of aliphatic hydroxyl groups is 1. The lowest BCUT2D eigenvalue weighted by molar-refractivity contribution is -0.130. The van der Waals surface area contributed by atoms with Crippen molar-refractivity contribution in [2.45, 2.75) is 12.6 Å². The standard InChI is InChI=1S/C24H19N3O3/c28-20(9-8-17-5-2-1-3-6-17)21-22(19-10-13-25-14-11-19)27(24(30)23(21)29)16-18-7-4-12-26-15-18/h1-15,22,29H,16H2/b9-8+. The summed E-state index contributed by atoms with van der Waals surface area (Å²) in [6.07, 6.45) is 9.55. The number of amides is 1. The highest BCUT2D eigenvalue weighted by Crippen LogP contribution is 2.38. The number of pyridine rings is 2. The molecule has 6 heteroatoms. The molecule has 1 aliphatic heterocycles. The van der Waals surface area contributed by atoms with Crippen molar-refractivity contribution in [2.24, 2.45) is 0 Å². The quantitative estimate of drug-likeness (QED) is 0.642. The number of allylic oxidation sites excluding steroid dienone is 1. The molecule has 4 rings (SSSR count). The van der Waals surface area contributed by atoms with Crippen molar-refractivity contribution in [3.63, 3.8) is 0 Å². The van der Waals surface area contributed by atoms with Crippen molar-refractivity contribution in [1.29, 1.82) is 0 Å². The molecule has 0 spiro atoms. The number of benzene rings is 1. The van der Waals surface area contributed by atoms with E-state index in [0.717, 1.165) is 11.1 Å². The van der Waals surface area contributed by atoms with Crippen LogP contribution in [0.15, 0.2) is 96.8 Å². The zero-order chi connectivity index (χ0) is 20.9. The van der Waals surface area contributed by atoms with Crippen LogP contribution in [0.3, 0.4) is 0 Å². The second-order valence-corrected chi connectivity index (χ2v) is 6.85. The van der Waals surface area contributed by atoms with Crippen LogP contribution in [0.25, 0.3) is 6.08 Å². The maximum atomic E-state index is 13.0. The summed E-state index contributed by atoms with van der Waals surface area (Å²) in [5, 5.41) is 10.6. The van der Waals surface area contributed by atoms with Crippen molar-refractivity contribution >= 4 is 17.8 Å². The van der Waals surface area contributed by atoms with Gasteiger partial charge in [0, 0.05) is 31.3 Å². The van der Waals surface area contributed by atoms with Crippen molar-refractivity contribution in [2.75, 3.05) is 0 Å². The maximum absolute atomic E-state index is 13.0. The second kappa shape index (κ2) is 8.53. The van der Waals surface area contributed by atoms with Crippen LogP contribution in [0.2, 0.25) is 0 Å².